The first-order valence-corrected chi connectivity index (χ1v) is 22.9. The van der Waals surface area contributed by atoms with Crippen molar-refractivity contribution in [2.75, 3.05) is 9.80 Å². The van der Waals surface area contributed by atoms with Crippen LogP contribution in [0.3, 0.4) is 0 Å². The van der Waals surface area contributed by atoms with Gasteiger partial charge in [0.15, 0.2) is 0 Å². The number of benzene rings is 13. The van der Waals surface area contributed by atoms with E-state index in [0.29, 0.717) is 0 Å². The van der Waals surface area contributed by atoms with Gasteiger partial charge < -0.3 is 9.80 Å². The van der Waals surface area contributed by atoms with Crippen LogP contribution in [0.15, 0.2) is 231 Å². The summed E-state index contributed by atoms with van der Waals surface area (Å²) < 4.78 is 0. The second-order valence-electron chi connectivity index (χ2n) is 18.0. The van der Waals surface area contributed by atoms with Crippen LogP contribution in [0, 0.1) is 0 Å². The zero-order valence-electron chi connectivity index (χ0n) is 35.8. The molecule has 13 aromatic carbocycles. The van der Waals surface area contributed by atoms with Crippen molar-refractivity contribution < 1.29 is 0 Å². The van der Waals surface area contributed by atoms with Gasteiger partial charge >= 0.3 is 0 Å². The summed E-state index contributed by atoms with van der Waals surface area (Å²) in [5.41, 5.74) is 17.1. The van der Waals surface area contributed by atoms with E-state index in [4.69, 9.17) is 0 Å². The lowest BCUT2D eigenvalue weighted by molar-refractivity contribution is 1.30. The van der Waals surface area contributed by atoms with E-state index >= 15 is 0 Å². The monoisotopic (exact) mass is 834 g/mol. The maximum atomic E-state index is 2.52. The first-order valence-electron chi connectivity index (χ1n) is 22.9. The van der Waals surface area contributed by atoms with Gasteiger partial charge in [0.05, 0.1) is 11.4 Å². The van der Waals surface area contributed by atoms with Crippen LogP contribution in [0.1, 0.15) is 0 Å². The molecule has 2 heteroatoms. The minimum absolute atomic E-state index is 1.12. The summed E-state index contributed by atoms with van der Waals surface area (Å²) in [6.45, 7) is 0. The molecule has 0 aliphatic heterocycles. The van der Waals surface area contributed by atoms with E-state index in [1.165, 1.54) is 121 Å². The van der Waals surface area contributed by atoms with Crippen LogP contribution in [0.5, 0.6) is 0 Å². The molecule has 304 valence electrons. The minimum atomic E-state index is 1.12. The molecule has 0 N–H and O–H groups in total. The van der Waals surface area contributed by atoms with E-state index in [1.54, 1.807) is 0 Å². The lowest BCUT2D eigenvalue weighted by Crippen LogP contribution is -2.12. The van der Waals surface area contributed by atoms with E-state index in [2.05, 4.69) is 240 Å². The molecule has 0 unspecified atom stereocenters. The SMILES string of the molecule is c1ccc(N(c2ccccc2)c2cc3c4c(ccc5c6c(N(c7ccccc7)c7ccccc7)cc7c8c(ccc(c2c45)c86)-c2cc4ccccc4cc2-7)-c2cc4ccccc4cc2-3)cc1. The molecule has 2 aliphatic rings. The topological polar surface area (TPSA) is 6.48 Å². The fourth-order valence-corrected chi connectivity index (χ4v) is 11.8. The van der Waals surface area contributed by atoms with Gasteiger partial charge in [0.2, 0.25) is 0 Å². The molecule has 2 aliphatic carbocycles. The summed E-state index contributed by atoms with van der Waals surface area (Å²) in [4.78, 5) is 5.00. The second-order valence-corrected chi connectivity index (χ2v) is 18.0. The van der Waals surface area contributed by atoms with Crippen molar-refractivity contribution in [2.24, 2.45) is 0 Å². The highest BCUT2D eigenvalue weighted by Crippen LogP contribution is 2.61. The Hall–Kier alpha value is -8.72. The van der Waals surface area contributed by atoms with Crippen LogP contribution >= 0.6 is 0 Å². The molecule has 0 heterocycles. The smallest absolute Gasteiger partial charge is 0.0553 e. The Morgan fingerprint density at radius 3 is 0.803 bits per heavy atom. The van der Waals surface area contributed by atoms with Crippen LogP contribution < -0.4 is 9.80 Å². The third-order valence-corrected chi connectivity index (χ3v) is 14.5. The molecule has 0 amide bonds. The first-order chi connectivity index (χ1) is 32.8. The molecule has 0 bridgehead atoms. The molecule has 66 heavy (non-hydrogen) atoms. The van der Waals surface area contributed by atoms with Gasteiger partial charge in [0.1, 0.15) is 0 Å². The maximum absolute atomic E-state index is 2.52. The summed E-state index contributed by atoms with van der Waals surface area (Å²) in [7, 11) is 0. The lowest BCUT2D eigenvalue weighted by atomic mass is 9.84. The molecule has 0 saturated heterocycles. The number of rotatable bonds is 6. The number of hydrogen-bond donors (Lipinski definition) is 0. The van der Waals surface area contributed by atoms with Crippen molar-refractivity contribution in [3.05, 3.63) is 231 Å². The normalized spacial score (nSPS) is 12.2. The number of nitrogens with zero attached hydrogens (tertiary/aromatic N) is 2. The molecule has 13 aromatic rings. The van der Waals surface area contributed by atoms with Gasteiger partial charge in [-0.05, 0) is 173 Å². The van der Waals surface area contributed by atoms with Gasteiger partial charge in [-0.15, -0.1) is 0 Å². The lowest BCUT2D eigenvalue weighted by Gasteiger charge is -2.31. The predicted molar refractivity (Wildman–Crippen MR) is 281 cm³/mol. The Bertz CT molecular complexity index is 3790. The molecule has 0 fully saturated rings. The summed E-state index contributed by atoms with van der Waals surface area (Å²) >= 11 is 0. The fourth-order valence-electron chi connectivity index (χ4n) is 11.8. The van der Waals surface area contributed by atoms with Gasteiger partial charge in [-0.2, -0.15) is 0 Å². The molecule has 0 aromatic heterocycles. The Balaban J connectivity index is 1.18. The summed E-state index contributed by atoms with van der Waals surface area (Å²) in [5, 5.41) is 15.3. The fraction of sp³-hybridized carbons (Fsp3) is 0. The Kier molecular flexibility index (Phi) is 7.25. The highest BCUT2D eigenvalue weighted by molar-refractivity contribution is 6.44. The standard InChI is InChI=1S/C64H38N2/c1-5-21-43(22-6-1)65(44-23-7-2-8-24-44)57-37-55-53-35-41-19-15-13-17-39(41)33-51(53)47-30-32-50-62-58(66(45-25-9-3-10-26-45)46-27-11-4-12-28-46)38-56-54-36-42-20-16-14-18-40(42)34-52(54)48-29-31-49(64(62)60(48)56)61(57)63(50)59(47)55/h1-38H. The van der Waals surface area contributed by atoms with Gasteiger partial charge in [0.25, 0.3) is 0 Å². The Morgan fingerprint density at radius 2 is 0.485 bits per heavy atom. The van der Waals surface area contributed by atoms with Gasteiger partial charge in [-0.25, -0.2) is 0 Å². The zero-order valence-corrected chi connectivity index (χ0v) is 35.8. The third-order valence-electron chi connectivity index (χ3n) is 14.5. The highest BCUT2D eigenvalue weighted by atomic mass is 15.2. The quantitative estimate of drug-likeness (QED) is 0.122. The van der Waals surface area contributed by atoms with Gasteiger partial charge in [0, 0.05) is 44.3 Å². The summed E-state index contributed by atoms with van der Waals surface area (Å²) in [6, 6.07) is 85.9. The van der Waals surface area contributed by atoms with E-state index in [9.17, 15) is 0 Å². The average molecular weight is 835 g/mol. The van der Waals surface area contributed by atoms with Crippen molar-refractivity contribution in [3.8, 4) is 44.5 Å². The van der Waals surface area contributed by atoms with E-state index in [-0.39, 0.29) is 0 Å². The van der Waals surface area contributed by atoms with Crippen molar-refractivity contribution in [3.63, 3.8) is 0 Å². The maximum Gasteiger partial charge on any atom is 0.0553 e. The van der Waals surface area contributed by atoms with Crippen molar-refractivity contribution in [1.29, 1.82) is 0 Å². The Morgan fingerprint density at radius 1 is 0.197 bits per heavy atom. The second kappa shape index (κ2) is 13.4. The predicted octanol–water partition coefficient (Wildman–Crippen LogP) is 18.3. The van der Waals surface area contributed by atoms with Crippen molar-refractivity contribution >= 4 is 98.8 Å². The minimum Gasteiger partial charge on any atom is -0.310 e. The summed E-state index contributed by atoms with van der Waals surface area (Å²) in [6.07, 6.45) is 0. The third kappa shape index (κ3) is 4.85. The van der Waals surface area contributed by atoms with E-state index in [1.807, 2.05) is 0 Å². The van der Waals surface area contributed by atoms with E-state index < -0.39 is 0 Å². The molecule has 0 saturated carbocycles. The molecule has 0 spiro atoms. The first kappa shape index (κ1) is 35.7. The molecular weight excluding hydrogens is 797 g/mol. The Labute approximate surface area is 381 Å². The average Bonchev–Trinajstić information content (AvgIpc) is 3.86. The van der Waals surface area contributed by atoms with Gasteiger partial charge in [-0.1, -0.05) is 146 Å². The number of fused-ring (bicyclic) bond motifs is 10. The molecular formula is C64H38N2. The number of hydrogen-bond acceptors (Lipinski definition) is 2. The molecule has 2 nitrogen and oxygen atoms in total. The number of para-hydroxylation sites is 4. The molecule has 0 radical (unpaired) electrons. The van der Waals surface area contributed by atoms with Crippen LogP contribution in [-0.2, 0) is 0 Å². The van der Waals surface area contributed by atoms with Crippen LogP contribution in [0.25, 0.3) is 109 Å². The van der Waals surface area contributed by atoms with Crippen LogP contribution in [-0.4, -0.2) is 0 Å². The molecule has 0 atom stereocenters. The number of anilines is 6. The highest BCUT2D eigenvalue weighted by Gasteiger charge is 2.34. The zero-order chi connectivity index (χ0) is 43.0. The molecule has 15 rings (SSSR count). The van der Waals surface area contributed by atoms with Crippen LogP contribution in [0.2, 0.25) is 0 Å². The largest absolute Gasteiger partial charge is 0.310 e. The van der Waals surface area contributed by atoms with Crippen LogP contribution in [0.4, 0.5) is 34.1 Å². The van der Waals surface area contributed by atoms with Crippen molar-refractivity contribution in [1.82, 2.24) is 0 Å². The van der Waals surface area contributed by atoms with E-state index in [0.717, 1.165) is 22.7 Å². The summed E-state index contributed by atoms with van der Waals surface area (Å²) in [5.74, 6) is 0. The van der Waals surface area contributed by atoms with Gasteiger partial charge in [-0.3, -0.25) is 0 Å². The van der Waals surface area contributed by atoms with Crippen molar-refractivity contribution in [2.45, 2.75) is 0 Å².